The Bertz CT molecular complexity index is 283. The molecule has 0 amide bonds. The lowest BCUT2D eigenvalue weighted by atomic mass is 9.95. The minimum absolute atomic E-state index is 0.251. The van der Waals surface area contributed by atoms with Crippen molar-refractivity contribution in [3.05, 3.63) is 6.92 Å². The van der Waals surface area contributed by atoms with E-state index in [0.29, 0.717) is 31.0 Å². The van der Waals surface area contributed by atoms with Crippen LogP contribution < -0.4 is 0 Å². The molecule has 0 aromatic carbocycles. The van der Waals surface area contributed by atoms with E-state index in [9.17, 15) is 9.59 Å². The predicted octanol–water partition coefficient (Wildman–Crippen LogP) is 6.08. The fourth-order valence-corrected chi connectivity index (χ4v) is 2.72. The van der Waals surface area contributed by atoms with Gasteiger partial charge in [-0.05, 0) is 32.1 Å². The third-order valence-corrected chi connectivity index (χ3v) is 4.28. The SMILES string of the molecule is [CH2]C(CCCCCCCC)CCC(=O)CCCCCC(C)=O. The van der Waals surface area contributed by atoms with E-state index in [1.54, 1.807) is 6.92 Å². The molecule has 0 aliphatic rings. The van der Waals surface area contributed by atoms with Gasteiger partial charge in [-0.15, -0.1) is 0 Å². The fourth-order valence-electron chi connectivity index (χ4n) is 2.72. The van der Waals surface area contributed by atoms with Crippen molar-refractivity contribution in [2.45, 2.75) is 104 Å². The predicted molar refractivity (Wildman–Crippen MR) is 94.8 cm³/mol. The van der Waals surface area contributed by atoms with Crippen LogP contribution in [0, 0.1) is 12.8 Å². The smallest absolute Gasteiger partial charge is 0.132 e. The molecule has 1 radical (unpaired) electrons. The normalized spacial score (nSPS) is 12.3. The molecule has 0 saturated carbocycles. The summed E-state index contributed by atoms with van der Waals surface area (Å²) in [6.07, 6.45) is 14.9. The largest absolute Gasteiger partial charge is 0.300 e. The van der Waals surface area contributed by atoms with Gasteiger partial charge in [-0.3, -0.25) is 4.79 Å². The average Bonchev–Trinajstić information content (AvgIpc) is 2.48. The van der Waals surface area contributed by atoms with Crippen LogP contribution >= 0.6 is 0 Å². The van der Waals surface area contributed by atoms with Gasteiger partial charge in [-0.1, -0.05) is 65.2 Å². The second kappa shape index (κ2) is 15.2. The number of hydrogen-bond donors (Lipinski definition) is 0. The molecule has 0 aliphatic heterocycles. The van der Waals surface area contributed by atoms with Gasteiger partial charge in [0.1, 0.15) is 11.6 Å². The lowest BCUT2D eigenvalue weighted by Gasteiger charge is -2.10. The summed E-state index contributed by atoms with van der Waals surface area (Å²) < 4.78 is 0. The van der Waals surface area contributed by atoms with E-state index in [1.165, 1.54) is 38.5 Å². The Balaban J connectivity index is 3.39. The van der Waals surface area contributed by atoms with E-state index in [2.05, 4.69) is 13.8 Å². The molecule has 0 N–H and O–H groups in total. The van der Waals surface area contributed by atoms with Gasteiger partial charge in [0.2, 0.25) is 0 Å². The number of ketones is 2. The zero-order valence-electron chi connectivity index (χ0n) is 15.0. The lowest BCUT2D eigenvalue weighted by Crippen LogP contribution is -2.03. The Morgan fingerprint density at radius 1 is 0.773 bits per heavy atom. The maximum Gasteiger partial charge on any atom is 0.132 e. The summed E-state index contributed by atoms with van der Waals surface area (Å²) in [5, 5.41) is 0. The van der Waals surface area contributed by atoms with Gasteiger partial charge in [0.15, 0.2) is 0 Å². The van der Waals surface area contributed by atoms with E-state index in [-0.39, 0.29) is 5.78 Å². The van der Waals surface area contributed by atoms with Gasteiger partial charge >= 0.3 is 0 Å². The molecule has 0 rings (SSSR count). The molecule has 0 fully saturated rings. The molecule has 0 spiro atoms. The highest BCUT2D eigenvalue weighted by Gasteiger charge is 2.07. The first-order chi connectivity index (χ1) is 10.6. The van der Waals surface area contributed by atoms with E-state index in [0.717, 1.165) is 32.1 Å². The van der Waals surface area contributed by atoms with Crippen molar-refractivity contribution >= 4 is 11.6 Å². The van der Waals surface area contributed by atoms with Crippen LogP contribution in [-0.4, -0.2) is 11.6 Å². The third kappa shape index (κ3) is 15.7. The number of carbonyl (C=O) groups is 2. The van der Waals surface area contributed by atoms with Gasteiger partial charge in [0, 0.05) is 19.3 Å². The average molecular weight is 310 g/mol. The van der Waals surface area contributed by atoms with Crippen LogP contribution in [-0.2, 0) is 9.59 Å². The van der Waals surface area contributed by atoms with Crippen molar-refractivity contribution in [3.8, 4) is 0 Å². The molecule has 0 saturated heterocycles. The van der Waals surface area contributed by atoms with Crippen LogP contribution in [0.15, 0.2) is 0 Å². The van der Waals surface area contributed by atoms with E-state index < -0.39 is 0 Å². The second-order valence-electron chi connectivity index (χ2n) is 6.76. The fraction of sp³-hybridized carbons (Fsp3) is 0.850. The van der Waals surface area contributed by atoms with Crippen molar-refractivity contribution in [1.82, 2.24) is 0 Å². The Morgan fingerprint density at radius 3 is 2.05 bits per heavy atom. The van der Waals surface area contributed by atoms with Gasteiger partial charge < -0.3 is 4.79 Å². The second-order valence-corrected chi connectivity index (χ2v) is 6.76. The first kappa shape index (κ1) is 21.3. The van der Waals surface area contributed by atoms with Crippen molar-refractivity contribution in [3.63, 3.8) is 0 Å². The van der Waals surface area contributed by atoms with Crippen molar-refractivity contribution < 1.29 is 9.59 Å². The van der Waals surface area contributed by atoms with Crippen LogP contribution in [0.4, 0.5) is 0 Å². The van der Waals surface area contributed by atoms with Crippen molar-refractivity contribution in [2.24, 2.45) is 5.92 Å². The zero-order chi connectivity index (χ0) is 16.6. The highest BCUT2D eigenvalue weighted by Crippen LogP contribution is 2.17. The highest BCUT2D eigenvalue weighted by atomic mass is 16.1. The highest BCUT2D eigenvalue weighted by molar-refractivity contribution is 5.78. The summed E-state index contributed by atoms with van der Waals surface area (Å²) in [4.78, 5) is 22.6. The summed E-state index contributed by atoms with van der Waals surface area (Å²) in [5.41, 5.74) is 0. The Labute approximate surface area is 138 Å². The van der Waals surface area contributed by atoms with Crippen molar-refractivity contribution in [1.29, 1.82) is 0 Å². The van der Waals surface area contributed by atoms with E-state index in [1.807, 2.05) is 0 Å². The van der Waals surface area contributed by atoms with Crippen LogP contribution in [0.2, 0.25) is 0 Å². The Hall–Kier alpha value is -0.660. The molecule has 2 nitrogen and oxygen atoms in total. The van der Waals surface area contributed by atoms with Gasteiger partial charge in [0.25, 0.3) is 0 Å². The van der Waals surface area contributed by atoms with Crippen LogP contribution in [0.25, 0.3) is 0 Å². The third-order valence-electron chi connectivity index (χ3n) is 4.28. The molecule has 0 heterocycles. The van der Waals surface area contributed by atoms with Gasteiger partial charge in [-0.2, -0.15) is 0 Å². The van der Waals surface area contributed by atoms with Crippen LogP contribution in [0.1, 0.15) is 104 Å². The number of rotatable bonds is 16. The maximum atomic E-state index is 11.8. The monoisotopic (exact) mass is 309 g/mol. The molecule has 1 atom stereocenters. The molecule has 2 heteroatoms. The molecule has 129 valence electrons. The first-order valence-corrected chi connectivity index (χ1v) is 9.40. The van der Waals surface area contributed by atoms with Gasteiger partial charge in [0.05, 0.1) is 0 Å². The molecule has 0 aliphatic carbocycles. The molecule has 0 bridgehead atoms. The molecule has 0 aromatic heterocycles. The quantitative estimate of drug-likeness (QED) is 0.324. The van der Waals surface area contributed by atoms with Crippen LogP contribution in [0.5, 0.6) is 0 Å². The zero-order valence-corrected chi connectivity index (χ0v) is 15.0. The molecular formula is C20H37O2. The summed E-state index contributed by atoms with van der Waals surface area (Å²) in [7, 11) is 0. The Morgan fingerprint density at radius 2 is 1.36 bits per heavy atom. The maximum absolute atomic E-state index is 11.8. The van der Waals surface area contributed by atoms with E-state index >= 15 is 0 Å². The standard InChI is InChI=1S/C20H37O2/c1-4-5-6-7-8-10-13-18(2)16-17-20(22)15-12-9-11-14-19(3)21/h18H,2,4-17H2,1,3H3. The lowest BCUT2D eigenvalue weighted by molar-refractivity contribution is -0.119. The number of hydrogen-bond acceptors (Lipinski definition) is 2. The minimum atomic E-state index is 0.251. The number of Topliss-reactive ketones (excluding diaryl/α,β-unsaturated/α-hetero) is 2. The molecule has 1 unspecified atom stereocenters. The van der Waals surface area contributed by atoms with Crippen LogP contribution in [0.3, 0.4) is 0 Å². The summed E-state index contributed by atoms with van der Waals surface area (Å²) in [6, 6.07) is 0. The van der Waals surface area contributed by atoms with E-state index in [4.69, 9.17) is 0 Å². The van der Waals surface area contributed by atoms with Gasteiger partial charge in [-0.25, -0.2) is 0 Å². The topological polar surface area (TPSA) is 34.1 Å². The molecular weight excluding hydrogens is 272 g/mol. The Kier molecular flexibility index (Phi) is 14.8. The summed E-state index contributed by atoms with van der Waals surface area (Å²) in [5.74, 6) is 1.06. The summed E-state index contributed by atoms with van der Waals surface area (Å²) >= 11 is 0. The molecule has 0 aromatic rings. The summed E-state index contributed by atoms with van der Waals surface area (Å²) in [6.45, 7) is 8.05. The molecule has 22 heavy (non-hydrogen) atoms. The van der Waals surface area contributed by atoms with Crippen molar-refractivity contribution in [2.75, 3.05) is 0 Å². The number of unbranched alkanes of at least 4 members (excludes halogenated alkanes) is 7. The minimum Gasteiger partial charge on any atom is -0.300 e. The number of carbonyl (C=O) groups excluding carboxylic acids is 2. The first-order valence-electron chi connectivity index (χ1n) is 9.40.